The fourth-order valence-electron chi connectivity index (χ4n) is 2.35. The Morgan fingerprint density at radius 1 is 1.03 bits per heavy atom. The first-order valence-electron chi connectivity index (χ1n) is 9.47. The van der Waals surface area contributed by atoms with E-state index >= 15 is 0 Å². The lowest BCUT2D eigenvalue weighted by molar-refractivity contribution is -0.123. The smallest absolute Gasteiger partial charge is 0.407 e. The zero-order valence-electron chi connectivity index (χ0n) is 17.6. The lowest BCUT2D eigenvalue weighted by Crippen LogP contribution is -2.32. The number of carbonyl (C=O) groups is 3. The highest BCUT2D eigenvalue weighted by Gasteiger charge is 2.20. The fraction of sp³-hybridized carbons (Fsp3) is 0.318. The number of alkyl carbamates (subject to hydrolysis) is 1. The molecule has 1 atom stereocenters. The largest absolute Gasteiger partial charge is 0.449 e. The highest BCUT2D eigenvalue weighted by Crippen LogP contribution is 2.16. The summed E-state index contributed by atoms with van der Waals surface area (Å²) in [5, 5.41) is 4.83. The van der Waals surface area contributed by atoms with Crippen molar-refractivity contribution in [1.82, 2.24) is 5.32 Å². The Hall–Kier alpha value is -3.49. The predicted octanol–water partition coefficient (Wildman–Crippen LogP) is 4.17. The second-order valence-corrected chi connectivity index (χ2v) is 7.71. The van der Waals surface area contributed by atoms with E-state index < -0.39 is 41.3 Å². The SMILES string of the molecule is CC(OC(=O)c1ccc(CNC(=O)OC(C)(C)C)cc1)C(=O)Nc1ccc(F)cc1F. The van der Waals surface area contributed by atoms with Crippen molar-refractivity contribution >= 4 is 23.7 Å². The molecule has 0 aliphatic carbocycles. The van der Waals surface area contributed by atoms with Gasteiger partial charge in [-0.15, -0.1) is 0 Å². The van der Waals surface area contributed by atoms with Gasteiger partial charge in [0.05, 0.1) is 11.3 Å². The Balaban J connectivity index is 1.88. The lowest BCUT2D eigenvalue weighted by atomic mass is 10.1. The number of carbonyl (C=O) groups excluding carboxylic acids is 3. The zero-order chi connectivity index (χ0) is 23.2. The standard InChI is InChI=1S/C22H24F2N2O5/c1-13(19(27)26-18-10-9-16(23)11-17(18)24)30-20(28)15-7-5-14(6-8-15)12-25-21(29)31-22(2,3)4/h5-11,13H,12H2,1-4H3,(H,25,29)(H,26,27). The van der Waals surface area contributed by atoms with Crippen molar-refractivity contribution < 1.29 is 32.6 Å². The maximum Gasteiger partial charge on any atom is 0.407 e. The number of benzene rings is 2. The van der Waals surface area contributed by atoms with Crippen LogP contribution in [0, 0.1) is 11.6 Å². The van der Waals surface area contributed by atoms with Gasteiger partial charge in [-0.25, -0.2) is 18.4 Å². The number of rotatable bonds is 6. The van der Waals surface area contributed by atoms with Gasteiger partial charge in [-0.3, -0.25) is 4.79 Å². The molecule has 2 aromatic rings. The average molecular weight is 434 g/mol. The van der Waals surface area contributed by atoms with Crippen LogP contribution in [-0.2, 0) is 20.8 Å². The Morgan fingerprint density at radius 3 is 2.26 bits per heavy atom. The average Bonchev–Trinajstić information content (AvgIpc) is 2.67. The Morgan fingerprint density at radius 2 is 1.68 bits per heavy atom. The van der Waals surface area contributed by atoms with Gasteiger partial charge in [-0.1, -0.05) is 12.1 Å². The Bertz CT molecular complexity index is 955. The van der Waals surface area contributed by atoms with Gasteiger partial charge in [-0.05, 0) is 57.5 Å². The van der Waals surface area contributed by atoms with Crippen LogP contribution in [0.1, 0.15) is 43.6 Å². The van der Waals surface area contributed by atoms with Gasteiger partial charge >= 0.3 is 12.1 Å². The van der Waals surface area contributed by atoms with E-state index in [1.807, 2.05) is 0 Å². The molecule has 0 aromatic heterocycles. The molecule has 0 fully saturated rings. The first kappa shape index (κ1) is 23.8. The molecule has 2 rings (SSSR count). The summed E-state index contributed by atoms with van der Waals surface area (Å²) < 4.78 is 36.8. The van der Waals surface area contributed by atoms with Crippen LogP contribution < -0.4 is 10.6 Å². The molecule has 2 N–H and O–H groups in total. The van der Waals surface area contributed by atoms with Gasteiger partial charge in [0.1, 0.15) is 17.2 Å². The summed E-state index contributed by atoms with van der Waals surface area (Å²) in [5.41, 5.74) is 0.0770. The molecular weight excluding hydrogens is 410 g/mol. The molecule has 1 unspecified atom stereocenters. The Kier molecular flexibility index (Phi) is 7.68. The highest BCUT2D eigenvalue weighted by atomic mass is 19.1. The molecule has 9 heteroatoms. The molecule has 31 heavy (non-hydrogen) atoms. The van der Waals surface area contributed by atoms with Crippen molar-refractivity contribution in [2.75, 3.05) is 5.32 Å². The quantitative estimate of drug-likeness (QED) is 0.666. The molecule has 7 nitrogen and oxygen atoms in total. The number of nitrogens with one attached hydrogen (secondary N) is 2. The van der Waals surface area contributed by atoms with E-state index in [1.165, 1.54) is 19.1 Å². The van der Waals surface area contributed by atoms with Crippen LogP contribution >= 0.6 is 0 Å². The number of amides is 2. The first-order chi connectivity index (χ1) is 14.4. The van der Waals surface area contributed by atoms with Gasteiger partial charge < -0.3 is 20.1 Å². The molecule has 0 saturated heterocycles. The van der Waals surface area contributed by atoms with E-state index in [1.54, 1.807) is 32.9 Å². The molecule has 0 heterocycles. The van der Waals surface area contributed by atoms with Gasteiger partial charge in [0.25, 0.3) is 5.91 Å². The van der Waals surface area contributed by atoms with Gasteiger partial charge in [0, 0.05) is 12.6 Å². The summed E-state index contributed by atoms with van der Waals surface area (Å²) >= 11 is 0. The number of hydrogen-bond donors (Lipinski definition) is 2. The predicted molar refractivity (Wildman–Crippen MR) is 109 cm³/mol. The molecule has 2 aromatic carbocycles. The molecule has 0 aliphatic rings. The van der Waals surface area contributed by atoms with Gasteiger partial charge in [0.2, 0.25) is 0 Å². The molecule has 0 radical (unpaired) electrons. The molecule has 0 saturated carbocycles. The summed E-state index contributed by atoms with van der Waals surface area (Å²) in [7, 11) is 0. The van der Waals surface area contributed by atoms with Crippen molar-refractivity contribution in [2.24, 2.45) is 0 Å². The van der Waals surface area contributed by atoms with Gasteiger partial charge in [-0.2, -0.15) is 0 Å². The number of ether oxygens (including phenoxy) is 2. The number of halogens is 2. The van der Waals surface area contributed by atoms with Crippen molar-refractivity contribution in [2.45, 2.75) is 45.9 Å². The van der Waals surface area contributed by atoms with Crippen LogP contribution in [0.4, 0.5) is 19.3 Å². The molecule has 2 amide bonds. The summed E-state index contributed by atoms with van der Waals surface area (Å²) in [6.45, 7) is 6.79. The summed E-state index contributed by atoms with van der Waals surface area (Å²) in [6.07, 6.45) is -1.78. The number of hydrogen-bond acceptors (Lipinski definition) is 5. The van der Waals surface area contributed by atoms with E-state index in [0.29, 0.717) is 6.07 Å². The van der Waals surface area contributed by atoms with Crippen molar-refractivity contribution in [3.63, 3.8) is 0 Å². The first-order valence-corrected chi connectivity index (χ1v) is 9.47. The molecular formula is C22H24F2N2O5. The van der Waals surface area contributed by atoms with Crippen LogP contribution in [0.15, 0.2) is 42.5 Å². The van der Waals surface area contributed by atoms with Crippen molar-refractivity contribution in [3.8, 4) is 0 Å². The number of esters is 1. The van der Waals surface area contributed by atoms with E-state index in [-0.39, 0.29) is 17.8 Å². The van der Waals surface area contributed by atoms with Crippen LogP contribution in [-0.4, -0.2) is 29.7 Å². The normalized spacial score (nSPS) is 11.9. The van der Waals surface area contributed by atoms with Crippen LogP contribution in [0.5, 0.6) is 0 Å². The molecule has 166 valence electrons. The lowest BCUT2D eigenvalue weighted by Gasteiger charge is -2.19. The highest BCUT2D eigenvalue weighted by molar-refractivity contribution is 5.97. The topological polar surface area (TPSA) is 93.7 Å². The summed E-state index contributed by atoms with van der Waals surface area (Å²) in [5.74, 6) is -3.24. The van der Waals surface area contributed by atoms with Crippen LogP contribution in [0.2, 0.25) is 0 Å². The summed E-state index contributed by atoms with van der Waals surface area (Å²) in [4.78, 5) is 36.0. The van der Waals surface area contributed by atoms with Gasteiger partial charge in [0.15, 0.2) is 6.10 Å². The monoisotopic (exact) mass is 434 g/mol. The summed E-state index contributed by atoms with van der Waals surface area (Å²) in [6, 6.07) is 8.90. The van der Waals surface area contributed by atoms with Crippen molar-refractivity contribution in [1.29, 1.82) is 0 Å². The van der Waals surface area contributed by atoms with Crippen LogP contribution in [0.3, 0.4) is 0 Å². The number of anilines is 1. The second kappa shape index (κ2) is 10.0. The maximum absolute atomic E-state index is 13.6. The zero-order valence-corrected chi connectivity index (χ0v) is 17.6. The third-order valence-electron chi connectivity index (χ3n) is 3.87. The third kappa shape index (κ3) is 7.69. The van der Waals surface area contributed by atoms with E-state index in [0.717, 1.165) is 17.7 Å². The minimum Gasteiger partial charge on any atom is -0.449 e. The van der Waals surface area contributed by atoms with Crippen molar-refractivity contribution in [3.05, 3.63) is 65.2 Å². The van der Waals surface area contributed by atoms with E-state index in [9.17, 15) is 23.2 Å². The molecule has 0 bridgehead atoms. The van der Waals surface area contributed by atoms with E-state index in [4.69, 9.17) is 9.47 Å². The molecule has 0 spiro atoms. The van der Waals surface area contributed by atoms with E-state index in [2.05, 4.69) is 10.6 Å². The molecule has 0 aliphatic heterocycles. The van der Waals surface area contributed by atoms with Crippen LogP contribution in [0.25, 0.3) is 0 Å². The maximum atomic E-state index is 13.6. The minimum absolute atomic E-state index is 0.189. The Labute approximate surface area is 178 Å². The fourth-order valence-corrected chi connectivity index (χ4v) is 2.35. The third-order valence-corrected chi connectivity index (χ3v) is 3.87. The second-order valence-electron chi connectivity index (χ2n) is 7.71. The minimum atomic E-state index is -1.22.